The van der Waals surface area contributed by atoms with E-state index in [1.54, 1.807) is 13.8 Å². The number of rotatable bonds is 6. The number of carbonyl (C=O) groups excluding carboxylic acids is 1. The highest BCUT2D eigenvalue weighted by Crippen LogP contribution is 2.19. The van der Waals surface area contributed by atoms with Gasteiger partial charge < -0.3 is 10.4 Å². The average Bonchev–Trinajstić information content (AvgIpc) is 2.33. The lowest BCUT2D eigenvalue weighted by Crippen LogP contribution is -2.22. The minimum Gasteiger partial charge on any atom is -0.386 e. The Bertz CT molecular complexity index is 376. The number of carbonyl (C=O) groups is 1. The molecule has 0 atom stereocenters. The van der Waals surface area contributed by atoms with Gasteiger partial charge in [0.05, 0.1) is 5.60 Å². The van der Waals surface area contributed by atoms with E-state index in [0.29, 0.717) is 13.0 Å². The molecule has 1 aromatic rings. The zero-order chi connectivity index (χ0) is 13.6. The second-order valence-corrected chi connectivity index (χ2v) is 5.14. The Morgan fingerprint density at radius 1 is 1.28 bits per heavy atom. The van der Waals surface area contributed by atoms with Crippen molar-refractivity contribution in [3.8, 4) is 0 Å². The molecule has 3 nitrogen and oxygen atoms in total. The van der Waals surface area contributed by atoms with Crippen LogP contribution >= 0.6 is 0 Å². The van der Waals surface area contributed by atoms with Crippen molar-refractivity contribution in [3.63, 3.8) is 0 Å². The molecule has 100 valence electrons. The third kappa shape index (κ3) is 4.88. The lowest BCUT2D eigenvalue weighted by Gasteiger charge is -2.17. The fraction of sp³-hybridized carbons (Fsp3) is 0.533. The Morgan fingerprint density at radius 2 is 1.89 bits per heavy atom. The molecule has 18 heavy (non-hydrogen) atoms. The minimum absolute atomic E-state index is 0.100. The molecular weight excluding hydrogens is 226 g/mol. The second kappa shape index (κ2) is 6.55. The highest BCUT2D eigenvalue weighted by atomic mass is 16.3. The molecule has 3 heteroatoms. The molecule has 0 spiro atoms. The molecule has 0 heterocycles. The number of hydrogen-bond donors (Lipinski definition) is 2. The maximum Gasteiger partial charge on any atom is 0.220 e. The zero-order valence-corrected chi connectivity index (χ0v) is 11.5. The zero-order valence-electron chi connectivity index (χ0n) is 11.5. The predicted octanol–water partition coefficient (Wildman–Crippen LogP) is 2.72. The van der Waals surface area contributed by atoms with Crippen molar-refractivity contribution >= 4 is 5.91 Å². The first-order valence-corrected chi connectivity index (χ1v) is 6.52. The summed E-state index contributed by atoms with van der Waals surface area (Å²) in [5, 5.41) is 12.7. The smallest absolute Gasteiger partial charge is 0.220 e. The van der Waals surface area contributed by atoms with Crippen LogP contribution < -0.4 is 5.32 Å². The number of nitrogens with one attached hydrogen (secondary N) is 1. The third-order valence-corrected chi connectivity index (χ3v) is 2.91. The van der Waals surface area contributed by atoms with Gasteiger partial charge in [-0.05, 0) is 31.4 Å². The number of aliphatic hydroxyl groups is 1. The summed E-state index contributed by atoms with van der Waals surface area (Å²) in [6, 6.07) is 7.67. The molecular formula is C15H23NO2. The molecule has 1 amide bonds. The lowest BCUT2D eigenvalue weighted by molar-refractivity contribution is -0.121. The van der Waals surface area contributed by atoms with Crippen LogP contribution in [0.4, 0.5) is 0 Å². The van der Waals surface area contributed by atoms with Crippen molar-refractivity contribution in [1.82, 2.24) is 5.32 Å². The molecule has 0 unspecified atom stereocenters. The van der Waals surface area contributed by atoms with E-state index >= 15 is 0 Å². The van der Waals surface area contributed by atoms with Crippen molar-refractivity contribution in [2.24, 2.45) is 0 Å². The summed E-state index contributed by atoms with van der Waals surface area (Å²) in [4.78, 5) is 11.5. The van der Waals surface area contributed by atoms with Gasteiger partial charge in [-0.25, -0.2) is 0 Å². The molecule has 0 fully saturated rings. The minimum atomic E-state index is -0.817. The van der Waals surface area contributed by atoms with E-state index in [1.165, 1.54) is 0 Å². The van der Waals surface area contributed by atoms with Crippen molar-refractivity contribution in [3.05, 3.63) is 35.4 Å². The van der Waals surface area contributed by atoms with Crippen LogP contribution in [0.1, 0.15) is 51.2 Å². The summed E-state index contributed by atoms with van der Waals surface area (Å²) in [6.07, 6.45) is 2.56. The van der Waals surface area contributed by atoms with Gasteiger partial charge in [-0.3, -0.25) is 4.79 Å². The second-order valence-electron chi connectivity index (χ2n) is 5.14. The Balaban J connectivity index is 2.47. The van der Waals surface area contributed by atoms with Gasteiger partial charge >= 0.3 is 0 Å². The monoisotopic (exact) mass is 249 g/mol. The van der Waals surface area contributed by atoms with E-state index in [2.05, 4.69) is 12.2 Å². The molecule has 2 N–H and O–H groups in total. The van der Waals surface area contributed by atoms with Gasteiger partial charge in [0.1, 0.15) is 0 Å². The van der Waals surface area contributed by atoms with Crippen LogP contribution in [0.5, 0.6) is 0 Å². The maximum absolute atomic E-state index is 11.5. The number of hydrogen-bond acceptors (Lipinski definition) is 2. The summed E-state index contributed by atoms with van der Waals surface area (Å²) in [5.74, 6) is 0.100. The van der Waals surface area contributed by atoms with Crippen molar-refractivity contribution in [2.45, 2.75) is 52.2 Å². The van der Waals surface area contributed by atoms with E-state index in [4.69, 9.17) is 0 Å². The summed E-state index contributed by atoms with van der Waals surface area (Å²) in [7, 11) is 0. The number of amides is 1. The van der Waals surface area contributed by atoms with Gasteiger partial charge in [0.15, 0.2) is 0 Å². The molecule has 0 saturated carbocycles. The first-order valence-electron chi connectivity index (χ1n) is 6.52. The van der Waals surface area contributed by atoms with Gasteiger partial charge in [-0.2, -0.15) is 0 Å². The van der Waals surface area contributed by atoms with Crippen LogP contribution in [-0.4, -0.2) is 11.0 Å². The fourth-order valence-corrected chi connectivity index (χ4v) is 1.66. The summed E-state index contributed by atoms with van der Waals surface area (Å²) in [6.45, 7) is 6.14. The topological polar surface area (TPSA) is 49.3 Å². The van der Waals surface area contributed by atoms with E-state index < -0.39 is 5.60 Å². The molecule has 0 radical (unpaired) electrons. The van der Waals surface area contributed by atoms with Crippen molar-refractivity contribution in [1.29, 1.82) is 0 Å². The van der Waals surface area contributed by atoms with Crippen LogP contribution in [0.3, 0.4) is 0 Å². The Morgan fingerprint density at radius 3 is 2.39 bits per heavy atom. The summed E-state index contributed by atoms with van der Waals surface area (Å²) >= 11 is 0. The Hall–Kier alpha value is -1.35. The van der Waals surface area contributed by atoms with Gasteiger partial charge in [0, 0.05) is 13.0 Å². The fourth-order valence-electron chi connectivity index (χ4n) is 1.66. The highest BCUT2D eigenvalue weighted by Gasteiger charge is 2.14. The SMILES string of the molecule is CCCCC(=O)NCc1ccc(C(C)(C)O)cc1. The first-order chi connectivity index (χ1) is 8.43. The Labute approximate surface area is 109 Å². The molecule has 1 rings (SSSR count). The van der Waals surface area contributed by atoms with Gasteiger partial charge in [0.25, 0.3) is 0 Å². The molecule has 0 bridgehead atoms. The van der Waals surface area contributed by atoms with Crippen LogP contribution in [0.25, 0.3) is 0 Å². The summed E-state index contributed by atoms with van der Waals surface area (Å²) in [5.41, 5.74) is 1.11. The van der Waals surface area contributed by atoms with E-state index in [9.17, 15) is 9.90 Å². The van der Waals surface area contributed by atoms with Crippen LogP contribution in [0.2, 0.25) is 0 Å². The van der Waals surface area contributed by atoms with E-state index in [1.807, 2.05) is 24.3 Å². The molecule has 0 aromatic heterocycles. The average molecular weight is 249 g/mol. The molecule has 0 saturated heterocycles. The van der Waals surface area contributed by atoms with Crippen LogP contribution in [-0.2, 0) is 16.9 Å². The normalized spacial score (nSPS) is 11.3. The first kappa shape index (κ1) is 14.7. The maximum atomic E-state index is 11.5. The van der Waals surface area contributed by atoms with Crippen molar-refractivity contribution in [2.75, 3.05) is 0 Å². The molecule has 0 aliphatic heterocycles. The van der Waals surface area contributed by atoms with Gasteiger partial charge in [0.2, 0.25) is 5.91 Å². The van der Waals surface area contributed by atoms with E-state index in [-0.39, 0.29) is 5.91 Å². The third-order valence-electron chi connectivity index (χ3n) is 2.91. The lowest BCUT2D eigenvalue weighted by atomic mass is 9.97. The van der Waals surface area contributed by atoms with Crippen LogP contribution in [0, 0.1) is 0 Å². The van der Waals surface area contributed by atoms with Gasteiger partial charge in [-0.15, -0.1) is 0 Å². The highest BCUT2D eigenvalue weighted by molar-refractivity contribution is 5.75. The largest absolute Gasteiger partial charge is 0.386 e. The van der Waals surface area contributed by atoms with Crippen molar-refractivity contribution < 1.29 is 9.90 Å². The molecule has 1 aromatic carbocycles. The van der Waals surface area contributed by atoms with Gasteiger partial charge in [-0.1, -0.05) is 37.6 Å². The quantitative estimate of drug-likeness (QED) is 0.814. The molecule has 0 aliphatic rings. The van der Waals surface area contributed by atoms with E-state index in [0.717, 1.165) is 24.0 Å². The number of benzene rings is 1. The predicted molar refractivity (Wildman–Crippen MR) is 73.1 cm³/mol. The molecule has 0 aliphatic carbocycles. The summed E-state index contributed by atoms with van der Waals surface area (Å²) < 4.78 is 0. The number of unbranched alkanes of at least 4 members (excludes halogenated alkanes) is 1. The Kier molecular flexibility index (Phi) is 5.35. The van der Waals surface area contributed by atoms with Crippen LogP contribution in [0.15, 0.2) is 24.3 Å². The standard InChI is InChI=1S/C15H23NO2/c1-4-5-6-14(17)16-11-12-7-9-13(10-8-12)15(2,3)18/h7-10,18H,4-6,11H2,1-3H3,(H,16,17).